The van der Waals surface area contributed by atoms with E-state index in [4.69, 9.17) is 5.73 Å². The van der Waals surface area contributed by atoms with E-state index in [0.717, 1.165) is 43.2 Å². The van der Waals surface area contributed by atoms with Gasteiger partial charge >= 0.3 is 5.69 Å². The fourth-order valence-corrected chi connectivity index (χ4v) is 3.76. The molecule has 0 unspecified atom stereocenters. The summed E-state index contributed by atoms with van der Waals surface area (Å²) in [5.74, 6) is -0.0902. The number of H-pyrrole nitrogens is 1. The molecule has 2 rings (SSSR count). The molecular formula is C24H36N4O3. The molecule has 3 N–H and O–H groups in total. The van der Waals surface area contributed by atoms with Crippen LogP contribution in [0.3, 0.4) is 0 Å². The fourth-order valence-electron chi connectivity index (χ4n) is 3.76. The first-order valence-electron chi connectivity index (χ1n) is 11.3. The first-order valence-corrected chi connectivity index (χ1v) is 11.3. The van der Waals surface area contributed by atoms with Crippen molar-refractivity contribution < 1.29 is 4.79 Å². The number of nitrogens with one attached hydrogen (secondary N) is 1. The summed E-state index contributed by atoms with van der Waals surface area (Å²) in [6.45, 7) is 8.99. The van der Waals surface area contributed by atoms with Crippen molar-refractivity contribution in [2.75, 3.05) is 17.2 Å². The van der Waals surface area contributed by atoms with Crippen LogP contribution in [0.2, 0.25) is 0 Å². The number of hydrogen-bond acceptors (Lipinski definition) is 4. The molecule has 0 saturated carbocycles. The third-order valence-corrected chi connectivity index (χ3v) is 5.61. The number of nitrogens with two attached hydrogens (primary N) is 1. The highest BCUT2D eigenvalue weighted by molar-refractivity contribution is 5.95. The molecule has 7 heteroatoms. The quantitative estimate of drug-likeness (QED) is 0.533. The van der Waals surface area contributed by atoms with Crippen molar-refractivity contribution >= 4 is 17.4 Å². The molecule has 0 fully saturated rings. The third kappa shape index (κ3) is 6.32. The van der Waals surface area contributed by atoms with Crippen molar-refractivity contribution in [3.63, 3.8) is 0 Å². The molecule has 0 saturated heterocycles. The molecule has 1 aromatic heterocycles. The zero-order chi connectivity index (χ0) is 23.0. The van der Waals surface area contributed by atoms with Crippen LogP contribution in [-0.2, 0) is 17.8 Å². The molecule has 2 aromatic rings. The van der Waals surface area contributed by atoms with Crippen LogP contribution >= 0.6 is 0 Å². The van der Waals surface area contributed by atoms with Gasteiger partial charge in [0.1, 0.15) is 5.82 Å². The fraction of sp³-hybridized carbons (Fsp3) is 0.542. The van der Waals surface area contributed by atoms with E-state index < -0.39 is 11.2 Å². The van der Waals surface area contributed by atoms with Gasteiger partial charge in [0.25, 0.3) is 5.56 Å². The molecule has 0 atom stereocenters. The summed E-state index contributed by atoms with van der Waals surface area (Å²) in [7, 11) is 0. The average Bonchev–Trinajstić information content (AvgIpc) is 2.71. The molecule has 1 aromatic carbocycles. The van der Waals surface area contributed by atoms with Gasteiger partial charge in [-0.15, -0.1) is 0 Å². The van der Waals surface area contributed by atoms with E-state index in [1.165, 1.54) is 15.0 Å². The molecule has 7 nitrogen and oxygen atoms in total. The summed E-state index contributed by atoms with van der Waals surface area (Å²) >= 11 is 0. The lowest BCUT2D eigenvalue weighted by atomic mass is 10.0. The van der Waals surface area contributed by atoms with Gasteiger partial charge in [-0.3, -0.25) is 19.1 Å². The molecule has 31 heavy (non-hydrogen) atoms. The van der Waals surface area contributed by atoms with Crippen molar-refractivity contribution in [2.45, 2.75) is 79.2 Å². The van der Waals surface area contributed by atoms with E-state index in [2.05, 4.69) is 18.0 Å². The Morgan fingerprint density at radius 1 is 1.10 bits per heavy atom. The van der Waals surface area contributed by atoms with Crippen molar-refractivity contribution in [3.8, 4) is 0 Å². The molecule has 0 aliphatic carbocycles. The van der Waals surface area contributed by atoms with Crippen LogP contribution in [0, 0.1) is 13.8 Å². The number of rotatable bonds is 11. The minimum absolute atomic E-state index is 0.0681. The monoisotopic (exact) mass is 428 g/mol. The molecule has 0 spiro atoms. The summed E-state index contributed by atoms with van der Waals surface area (Å²) in [6.07, 6.45) is 5.19. The Hall–Kier alpha value is -2.83. The Bertz CT molecular complexity index is 1010. The first-order chi connectivity index (χ1) is 14.8. The van der Waals surface area contributed by atoms with Gasteiger partial charge < -0.3 is 10.6 Å². The second kappa shape index (κ2) is 11.5. The second-order valence-corrected chi connectivity index (χ2v) is 8.18. The largest absolute Gasteiger partial charge is 0.383 e. The van der Waals surface area contributed by atoms with Gasteiger partial charge in [-0.1, -0.05) is 56.9 Å². The smallest absolute Gasteiger partial charge is 0.330 e. The minimum atomic E-state index is -0.605. The molecule has 0 radical (unpaired) electrons. The predicted molar refractivity (Wildman–Crippen MR) is 127 cm³/mol. The maximum Gasteiger partial charge on any atom is 0.330 e. The van der Waals surface area contributed by atoms with E-state index in [1.807, 2.05) is 32.9 Å². The van der Waals surface area contributed by atoms with Crippen LogP contribution in [-0.4, -0.2) is 22.0 Å². The van der Waals surface area contributed by atoms with Crippen LogP contribution in [0.15, 0.2) is 27.8 Å². The molecule has 170 valence electrons. The third-order valence-electron chi connectivity index (χ3n) is 5.61. The van der Waals surface area contributed by atoms with Crippen molar-refractivity contribution in [2.24, 2.45) is 0 Å². The number of benzene rings is 1. The number of carbonyl (C=O) groups is 1. The van der Waals surface area contributed by atoms with E-state index in [-0.39, 0.29) is 23.8 Å². The first kappa shape index (κ1) is 24.4. The van der Waals surface area contributed by atoms with E-state index >= 15 is 0 Å². The maximum absolute atomic E-state index is 13.2. The topological polar surface area (TPSA) is 101 Å². The highest BCUT2D eigenvalue weighted by Gasteiger charge is 2.23. The lowest BCUT2D eigenvalue weighted by Crippen LogP contribution is -2.41. The lowest BCUT2D eigenvalue weighted by Gasteiger charge is -2.25. The van der Waals surface area contributed by atoms with Gasteiger partial charge in [0.05, 0.1) is 0 Å². The number of nitrogens with zero attached hydrogens (tertiary/aromatic N) is 2. The van der Waals surface area contributed by atoms with E-state index in [1.54, 1.807) is 0 Å². The summed E-state index contributed by atoms with van der Waals surface area (Å²) in [6, 6.07) is 6.19. The number of hydrogen-bond donors (Lipinski definition) is 2. The molecule has 1 heterocycles. The van der Waals surface area contributed by atoms with Gasteiger partial charge in [-0.2, -0.15) is 0 Å². The molecule has 0 aliphatic rings. The van der Waals surface area contributed by atoms with E-state index in [0.29, 0.717) is 19.5 Å². The summed E-state index contributed by atoms with van der Waals surface area (Å²) < 4.78 is 1.37. The summed E-state index contributed by atoms with van der Waals surface area (Å²) in [5, 5.41) is 0. The zero-order valence-electron chi connectivity index (χ0n) is 19.3. The van der Waals surface area contributed by atoms with Crippen LogP contribution < -0.4 is 21.9 Å². The van der Waals surface area contributed by atoms with Crippen LogP contribution in [0.4, 0.5) is 11.5 Å². The van der Waals surface area contributed by atoms with Gasteiger partial charge in [0.15, 0.2) is 5.69 Å². The molecule has 0 bridgehead atoms. The lowest BCUT2D eigenvalue weighted by molar-refractivity contribution is -0.118. The molecule has 1 amide bonds. The Morgan fingerprint density at radius 3 is 2.45 bits per heavy atom. The Morgan fingerprint density at radius 2 is 1.81 bits per heavy atom. The van der Waals surface area contributed by atoms with Crippen molar-refractivity contribution in [1.82, 2.24) is 9.55 Å². The van der Waals surface area contributed by atoms with Gasteiger partial charge in [0.2, 0.25) is 5.91 Å². The maximum atomic E-state index is 13.2. The Kier molecular flexibility index (Phi) is 9.09. The predicted octanol–water partition coefficient (Wildman–Crippen LogP) is 3.69. The normalized spacial score (nSPS) is 11.0. The SMILES string of the molecule is CCCCCN(C(=O)CCc1ccc(C)cc1C)c1c(N)n(CCCC)c(=O)[nH]c1=O. The van der Waals surface area contributed by atoms with Gasteiger partial charge in [0, 0.05) is 19.5 Å². The highest BCUT2D eigenvalue weighted by Crippen LogP contribution is 2.21. The summed E-state index contributed by atoms with van der Waals surface area (Å²) in [4.78, 5) is 42.0. The van der Waals surface area contributed by atoms with Crippen molar-refractivity contribution in [1.29, 1.82) is 0 Å². The van der Waals surface area contributed by atoms with Crippen molar-refractivity contribution in [3.05, 3.63) is 55.7 Å². The number of nitrogen functional groups attached to an aromatic ring is 1. The number of aryl methyl sites for hydroxylation is 3. The zero-order valence-corrected chi connectivity index (χ0v) is 19.3. The Balaban J connectivity index is 2.35. The number of aromatic amines is 1. The van der Waals surface area contributed by atoms with Crippen LogP contribution in [0.1, 0.15) is 69.1 Å². The van der Waals surface area contributed by atoms with Crippen LogP contribution in [0.25, 0.3) is 0 Å². The second-order valence-electron chi connectivity index (χ2n) is 8.18. The van der Waals surface area contributed by atoms with E-state index in [9.17, 15) is 14.4 Å². The number of amides is 1. The minimum Gasteiger partial charge on any atom is -0.383 e. The number of unbranched alkanes of at least 4 members (excludes halogenated alkanes) is 3. The number of carbonyl (C=O) groups excluding carboxylic acids is 1. The number of anilines is 2. The van der Waals surface area contributed by atoms with Gasteiger partial charge in [-0.05, 0) is 44.2 Å². The highest BCUT2D eigenvalue weighted by atomic mass is 16.2. The Labute approximate surface area is 184 Å². The molecular weight excluding hydrogens is 392 g/mol. The molecule has 0 aliphatic heterocycles. The average molecular weight is 429 g/mol. The standard InChI is InChI=1S/C24H36N4O3/c1-5-7-9-15-27(20(29)13-12-19-11-10-17(3)16-18(19)4)21-22(25)28(14-8-6-2)24(31)26-23(21)30/h10-11,16H,5-9,12-15,25H2,1-4H3,(H,26,30,31). The van der Waals surface area contributed by atoms with Crippen LogP contribution in [0.5, 0.6) is 0 Å². The summed E-state index contributed by atoms with van der Waals surface area (Å²) in [5.41, 5.74) is 8.67. The van der Waals surface area contributed by atoms with Gasteiger partial charge in [-0.25, -0.2) is 4.79 Å². The number of aromatic nitrogens is 2.